The summed E-state index contributed by atoms with van der Waals surface area (Å²) in [6.07, 6.45) is 18.1. The quantitative estimate of drug-likeness (QED) is 0.101. The van der Waals surface area contributed by atoms with Crippen LogP contribution in [0.3, 0.4) is 0 Å². The first-order valence-corrected chi connectivity index (χ1v) is 30.8. The lowest BCUT2D eigenvalue weighted by atomic mass is 9.82. The van der Waals surface area contributed by atoms with Gasteiger partial charge in [-0.15, -0.1) is 0 Å². The number of hydrogen-bond donors (Lipinski definition) is 0. The fourth-order valence-electron chi connectivity index (χ4n) is 14.0. The Morgan fingerprint density at radius 1 is 0.483 bits per heavy atom. The molecule has 1 unspecified atom stereocenters. The van der Waals surface area contributed by atoms with Gasteiger partial charge < -0.3 is 18.6 Å². The molecule has 5 heteroatoms. The van der Waals surface area contributed by atoms with E-state index in [1.165, 1.54) is 33.1 Å². The van der Waals surface area contributed by atoms with Crippen LogP contribution in [0, 0.1) is 0 Å². The minimum absolute atomic E-state index is 0.179. The maximum Gasteiger partial charge on any atom is 0.159 e. The molecule has 0 amide bonds. The topological polar surface area (TPSA) is 45.1 Å². The van der Waals surface area contributed by atoms with E-state index in [9.17, 15) is 0 Å². The number of para-hydroxylation sites is 1. The summed E-state index contributed by atoms with van der Waals surface area (Å²) in [5.74, 6) is 0.307. The van der Waals surface area contributed by atoms with E-state index in [0.717, 1.165) is 132 Å². The van der Waals surface area contributed by atoms with E-state index < -0.39 is 0 Å². The third kappa shape index (κ3) is 8.79. The Morgan fingerprint density at radius 3 is 1.83 bits per heavy atom. The number of aliphatic imine (C=N–C) groups is 1. The van der Waals surface area contributed by atoms with Crippen molar-refractivity contribution in [3.8, 4) is 33.4 Å². The van der Waals surface area contributed by atoms with E-state index in [-0.39, 0.29) is 6.04 Å². The molecule has 5 nitrogen and oxygen atoms in total. The number of benzene rings is 12. The third-order valence-corrected chi connectivity index (χ3v) is 18.3. The molecule has 17 rings (SSSR count). The molecule has 1 aliphatic carbocycles. The molecule has 422 valence electrons. The molecule has 2 aliphatic heterocycles. The van der Waals surface area contributed by atoms with Gasteiger partial charge in [0.05, 0.1) is 34.2 Å². The highest BCUT2D eigenvalue weighted by atomic mass is 16.3. The Balaban J connectivity index is 1.06. The first kappa shape index (κ1) is 52.1. The number of furan rings is 2. The second-order valence-electron chi connectivity index (χ2n) is 23.9. The van der Waals surface area contributed by atoms with Gasteiger partial charge in [0.25, 0.3) is 0 Å². The minimum atomic E-state index is -0.179. The molecular formula is C84H59N3O2. The second kappa shape index (κ2) is 21.3. The maximum absolute atomic E-state index is 7.76. The molecular weight excluding hydrogens is 1080 g/mol. The highest BCUT2D eigenvalue weighted by Crippen LogP contribution is 2.55. The van der Waals surface area contributed by atoms with Crippen LogP contribution in [0.4, 0.5) is 17.1 Å². The number of nitrogens with zero attached hydrogens (tertiary/aromatic N) is 3. The maximum atomic E-state index is 7.76. The zero-order valence-electron chi connectivity index (χ0n) is 49.3. The van der Waals surface area contributed by atoms with Crippen molar-refractivity contribution in [1.82, 2.24) is 0 Å². The fourth-order valence-corrected chi connectivity index (χ4v) is 14.0. The van der Waals surface area contributed by atoms with Gasteiger partial charge in [-0.1, -0.05) is 238 Å². The van der Waals surface area contributed by atoms with E-state index in [1.807, 2.05) is 18.2 Å². The predicted molar refractivity (Wildman–Crippen MR) is 374 cm³/mol. The average Bonchev–Trinajstić information content (AvgIpc) is 1.66. The van der Waals surface area contributed by atoms with Gasteiger partial charge in [0.2, 0.25) is 0 Å². The molecule has 0 bridgehead atoms. The minimum Gasteiger partial charge on any atom is -0.455 e. The molecule has 0 saturated carbocycles. The second-order valence-corrected chi connectivity index (χ2v) is 23.9. The van der Waals surface area contributed by atoms with Crippen LogP contribution in [-0.4, -0.2) is 18.3 Å². The lowest BCUT2D eigenvalue weighted by molar-refractivity contribution is 0.668. The smallest absolute Gasteiger partial charge is 0.159 e. The van der Waals surface area contributed by atoms with Gasteiger partial charge in [-0.2, -0.15) is 0 Å². The van der Waals surface area contributed by atoms with Crippen molar-refractivity contribution in [2.45, 2.75) is 25.8 Å². The van der Waals surface area contributed by atoms with Gasteiger partial charge in [-0.3, -0.25) is 0 Å². The van der Waals surface area contributed by atoms with Gasteiger partial charge in [0.1, 0.15) is 16.7 Å². The summed E-state index contributed by atoms with van der Waals surface area (Å²) in [7, 11) is 0. The molecule has 2 aromatic heterocycles. The van der Waals surface area contributed by atoms with Crippen LogP contribution in [0.1, 0.15) is 42.0 Å². The fraction of sp³-hybridized carbons (Fsp3) is 0.0595. The van der Waals surface area contributed by atoms with Crippen molar-refractivity contribution in [2.75, 3.05) is 16.3 Å². The lowest BCUT2D eigenvalue weighted by Gasteiger charge is -2.35. The first-order valence-electron chi connectivity index (χ1n) is 30.8. The lowest BCUT2D eigenvalue weighted by Crippen LogP contribution is -2.44. The van der Waals surface area contributed by atoms with Crippen molar-refractivity contribution in [2.24, 2.45) is 4.99 Å². The van der Waals surface area contributed by atoms with Crippen molar-refractivity contribution in [3.63, 3.8) is 0 Å². The Labute approximate surface area is 516 Å². The molecule has 3 aliphatic rings. The predicted octanol–water partition coefficient (Wildman–Crippen LogP) is 20.4. The SMILES string of the molecule is CC(C)c1ccc2oc3c(c(N4C=CC=CC4)cc4c(-c5ccc(-c6ccccc6)cc5)c(-c5ccccc5)c5cc(N6C=c7ccccc7=C7C=C(c8ccccc8)C=CC76)c6oc7cc(/C(=N/c8ccccc8)c8ccccc8)ccc7c6c5c43)c2c1. The summed E-state index contributed by atoms with van der Waals surface area (Å²) in [5.41, 5.74) is 20.6. The molecule has 0 spiro atoms. The normalized spacial score (nSPS) is 14.8. The number of hydrogen-bond acceptors (Lipinski definition) is 5. The number of allylic oxidation sites excluding steroid dienone is 4. The van der Waals surface area contributed by atoms with E-state index in [4.69, 9.17) is 13.8 Å². The van der Waals surface area contributed by atoms with Crippen LogP contribution < -0.4 is 20.2 Å². The van der Waals surface area contributed by atoms with E-state index in [1.54, 1.807) is 0 Å². The highest BCUT2D eigenvalue weighted by Gasteiger charge is 2.33. The third-order valence-electron chi connectivity index (χ3n) is 18.3. The Hall–Kier alpha value is -11.3. The zero-order valence-corrected chi connectivity index (χ0v) is 49.3. The Kier molecular flexibility index (Phi) is 12.5. The van der Waals surface area contributed by atoms with Crippen LogP contribution in [0.15, 0.2) is 305 Å². The number of rotatable bonds is 10. The van der Waals surface area contributed by atoms with Crippen LogP contribution in [0.2, 0.25) is 0 Å². The van der Waals surface area contributed by atoms with Crippen LogP contribution in [-0.2, 0) is 0 Å². The molecule has 0 N–H and O–H groups in total. The average molecular weight is 1140 g/mol. The number of anilines is 2. The van der Waals surface area contributed by atoms with Crippen molar-refractivity contribution in [3.05, 3.63) is 324 Å². The van der Waals surface area contributed by atoms with E-state index in [2.05, 4.69) is 303 Å². The summed E-state index contributed by atoms with van der Waals surface area (Å²) in [5, 5.41) is 10.8. The van der Waals surface area contributed by atoms with Crippen molar-refractivity contribution < 1.29 is 8.83 Å². The van der Waals surface area contributed by atoms with E-state index >= 15 is 0 Å². The standard InChI is InChI=1S/C84H59N3O2/c1-53(2)60-41-44-74-68(47-60)78-72(86-45-21-8-22-46-86)50-70-77(58-37-35-56(36-38-58)54-23-9-3-10-24-54)76(57-27-13-5-14-28-57)69-51-73(87-52-63-31-19-20-34-65(63)67-48-61(40-43-71(67)87)55-25-11-4-12-26-55)83-80(79(69)81(70)84(78)88-74)66-42-39-62(49-75(66)89-83)82(59-29-15-6-16-30-59)85-64-32-17-7-18-33-64/h3-45,47-53,71H,46H2,1-2H3/b85-82+. The molecule has 4 heterocycles. The van der Waals surface area contributed by atoms with Crippen LogP contribution in [0.5, 0.6) is 0 Å². The van der Waals surface area contributed by atoms with Gasteiger partial charge in [-0.05, 0) is 143 Å². The summed E-state index contributed by atoms with van der Waals surface area (Å²) >= 11 is 0. The highest BCUT2D eigenvalue weighted by molar-refractivity contribution is 6.40. The largest absolute Gasteiger partial charge is 0.455 e. The molecule has 1 atom stereocenters. The molecule has 0 saturated heterocycles. The van der Waals surface area contributed by atoms with Crippen molar-refractivity contribution in [1.29, 1.82) is 0 Å². The molecule has 12 aromatic carbocycles. The Morgan fingerprint density at radius 2 is 1.10 bits per heavy atom. The molecule has 14 aromatic rings. The summed E-state index contributed by atoms with van der Waals surface area (Å²) < 4.78 is 15.4. The molecule has 0 radical (unpaired) electrons. The van der Waals surface area contributed by atoms with Gasteiger partial charge in [0, 0.05) is 57.0 Å². The molecule has 89 heavy (non-hydrogen) atoms. The zero-order chi connectivity index (χ0) is 59.1. The van der Waals surface area contributed by atoms with Gasteiger partial charge in [0.15, 0.2) is 5.58 Å². The van der Waals surface area contributed by atoms with Crippen molar-refractivity contribution >= 4 is 106 Å². The summed E-state index contributed by atoms with van der Waals surface area (Å²) in [6, 6.07) is 89.5. The van der Waals surface area contributed by atoms with Gasteiger partial charge >= 0.3 is 0 Å². The monoisotopic (exact) mass is 1140 g/mol. The Bertz CT molecular complexity index is 5460. The molecule has 0 fully saturated rings. The summed E-state index contributed by atoms with van der Waals surface area (Å²) in [4.78, 5) is 10.2. The first-order chi connectivity index (χ1) is 44.0. The number of fused-ring (bicyclic) bond motifs is 13. The van der Waals surface area contributed by atoms with Crippen LogP contribution >= 0.6 is 0 Å². The summed E-state index contributed by atoms with van der Waals surface area (Å²) in [6.45, 7) is 5.25. The van der Waals surface area contributed by atoms with Crippen LogP contribution in [0.25, 0.3) is 116 Å². The van der Waals surface area contributed by atoms with E-state index in [0.29, 0.717) is 12.5 Å². The van der Waals surface area contributed by atoms with Gasteiger partial charge in [-0.25, -0.2) is 4.99 Å².